The highest BCUT2D eigenvalue weighted by atomic mass is 19.4. The van der Waals surface area contributed by atoms with Crippen molar-refractivity contribution in [2.75, 3.05) is 13.2 Å². The third-order valence-electron chi connectivity index (χ3n) is 2.80. The Morgan fingerprint density at radius 1 is 1.26 bits per heavy atom. The van der Waals surface area contributed by atoms with Gasteiger partial charge in [0, 0.05) is 0 Å². The van der Waals surface area contributed by atoms with E-state index in [1.54, 1.807) is 0 Å². The number of fused-ring (bicyclic) bond motifs is 1. The zero-order chi connectivity index (χ0) is 17.2. The summed E-state index contributed by atoms with van der Waals surface area (Å²) < 4.78 is 41.5. The minimum atomic E-state index is -4.35. The smallest absolute Gasteiger partial charge is 0.391 e. The molecule has 0 aliphatic rings. The molecule has 126 valence electrons. The van der Waals surface area contributed by atoms with Gasteiger partial charge in [0.1, 0.15) is 11.2 Å². The van der Waals surface area contributed by atoms with E-state index >= 15 is 0 Å². The summed E-state index contributed by atoms with van der Waals surface area (Å²) in [6.07, 6.45) is -5.48. The molecule has 12 heteroatoms. The molecular weight excluding hydrogens is 325 g/mol. The van der Waals surface area contributed by atoms with Crippen LogP contribution in [0.4, 0.5) is 13.2 Å². The largest absolute Gasteiger partial charge is 0.543 e. The second kappa shape index (κ2) is 6.24. The molecular formula is C11H10F3N4O5-. The Morgan fingerprint density at radius 3 is 2.57 bits per heavy atom. The molecule has 0 saturated carbocycles. The van der Waals surface area contributed by atoms with Crippen LogP contribution in [-0.2, 0) is 11.3 Å². The van der Waals surface area contributed by atoms with Crippen molar-refractivity contribution < 1.29 is 27.8 Å². The summed E-state index contributed by atoms with van der Waals surface area (Å²) in [7, 11) is 0. The number of carboxylic acid groups (broad SMARTS) is 1. The lowest BCUT2D eigenvalue weighted by atomic mass is 10.3. The average Bonchev–Trinajstić information content (AvgIpc) is 2.76. The van der Waals surface area contributed by atoms with Gasteiger partial charge in [-0.2, -0.15) is 18.3 Å². The van der Waals surface area contributed by atoms with E-state index in [2.05, 4.69) is 10.1 Å². The number of carbonyl (C=O) groups is 1. The molecule has 2 heterocycles. The number of aromatic carboxylic acids is 1. The van der Waals surface area contributed by atoms with Crippen LogP contribution in [0.25, 0.3) is 11.0 Å². The highest BCUT2D eigenvalue weighted by molar-refractivity contribution is 5.97. The Hall–Kier alpha value is -2.63. The number of hydrogen-bond acceptors (Lipinski definition) is 6. The number of aromatic nitrogens is 4. The number of carboxylic acids is 1. The van der Waals surface area contributed by atoms with Gasteiger partial charge >= 0.3 is 11.9 Å². The predicted octanol–water partition coefficient (Wildman–Crippen LogP) is -1.25. The van der Waals surface area contributed by atoms with Gasteiger partial charge in [0.25, 0.3) is 5.56 Å². The second-order valence-corrected chi connectivity index (χ2v) is 4.47. The maximum Gasteiger partial charge on any atom is 0.391 e. The van der Waals surface area contributed by atoms with E-state index in [1.807, 2.05) is 4.98 Å². The van der Waals surface area contributed by atoms with E-state index < -0.39 is 42.1 Å². The van der Waals surface area contributed by atoms with Crippen LogP contribution >= 0.6 is 0 Å². The summed E-state index contributed by atoms with van der Waals surface area (Å²) in [5.41, 5.74) is -3.04. The van der Waals surface area contributed by atoms with Gasteiger partial charge in [0.15, 0.2) is 5.52 Å². The Bertz CT molecular complexity index is 835. The van der Waals surface area contributed by atoms with E-state index in [1.165, 1.54) is 0 Å². The van der Waals surface area contributed by atoms with Crippen LogP contribution in [0.5, 0.6) is 0 Å². The van der Waals surface area contributed by atoms with Crippen molar-refractivity contribution in [3.63, 3.8) is 0 Å². The lowest BCUT2D eigenvalue weighted by molar-refractivity contribution is -0.255. The standard InChI is InChI=1S/C11H11F3N4O5/c12-11(13,14)1-3-23-4-2-18-7-5(6(17-18)9(20)21)15-10(22)16-8(7)19/h1-4H2,(H,20,21)(H2,15,16,19,22)/p-1. The highest BCUT2D eigenvalue weighted by Gasteiger charge is 2.26. The summed E-state index contributed by atoms with van der Waals surface area (Å²) >= 11 is 0. The zero-order valence-electron chi connectivity index (χ0n) is 11.4. The number of nitrogens with zero attached hydrogens (tertiary/aromatic N) is 2. The van der Waals surface area contributed by atoms with Crippen molar-refractivity contribution in [2.24, 2.45) is 0 Å². The third-order valence-corrected chi connectivity index (χ3v) is 2.80. The average molecular weight is 335 g/mol. The molecule has 2 rings (SSSR count). The van der Waals surface area contributed by atoms with Gasteiger partial charge in [-0.05, 0) is 0 Å². The molecule has 0 radical (unpaired) electrons. The van der Waals surface area contributed by atoms with E-state index in [4.69, 9.17) is 4.74 Å². The van der Waals surface area contributed by atoms with Gasteiger partial charge in [-0.25, -0.2) is 4.79 Å². The Balaban J connectivity index is 2.20. The fourth-order valence-electron chi connectivity index (χ4n) is 1.86. The molecule has 2 aromatic rings. The van der Waals surface area contributed by atoms with Crippen LogP contribution in [0.2, 0.25) is 0 Å². The normalized spacial score (nSPS) is 12.0. The van der Waals surface area contributed by atoms with Gasteiger partial charge in [-0.15, -0.1) is 0 Å². The first-order valence-corrected chi connectivity index (χ1v) is 6.28. The van der Waals surface area contributed by atoms with Crippen LogP contribution in [-0.4, -0.2) is 45.1 Å². The van der Waals surface area contributed by atoms with E-state index in [-0.39, 0.29) is 24.2 Å². The molecule has 0 aliphatic heterocycles. The van der Waals surface area contributed by atoms with Crippen LogP contribution in [0.3, 0.4) is 0 Å². The lowest BCUT2D eigenvalue weighted by Crippen LogP contribution is -2.25. The van der Waals surface area contributed by atoms with Crippen molar-refractivity contribution in [3.8, 4) is 0 Å². The van der Waals surface area contributed by atoms with Crippen LogP contribution < -0.4 is 16.4 Å². The predicted molar refractivity (Wildman–Crippen MR) is 66.8 cm³/mol. The highest BCUT2D eigenvalue weighted by Crippen LogP contribution is 2.19. The molecule has 0 atom stereocenters. The first kappa shape index (κ1) is 16.7. The Labute approximate surface area is 124 Å². The number of aromatic amines is 2. The molecule has 2 aromatic heterocycles. The van der Waals surface area contributed by atoms with E-state index in [9.17, 15) is 32.7 Å². The van der Waals surface area contributed by atoms with Gasteiger partial charge in [0.2, 0.25) is 0 Å². The van der Waals surface area contributed by atoms with Crippen molar-refractivity contribution in [1.82, 2.24) is 19.7 Å². The third kappa shape index (κ3) is 3.97. The van der Waals surface area contributed by atoms with Gasteiger partial charge in [-0.1, -0.05) is 0 Å². The van der Waals surface area contributed by atoms with Gasteiger partial charge in [-0.3, -0.25) is 14.5 Å². The number of carbonyl (C=O) groups excluding carboxylic acids is 1. The monoisotopic (exact) mass is 335 g/mol. The summed E-state index contributed by atoms with van der Waals surface area (Å²) in [6.45, 7) is -1.00. The topological polar surface area (TPSA) is 133 Å². The number of hydrogen-bond donors (Lipinski definition) is 2. The number of rotatable bonds is 6. The van der Waals surface area contributed by atoms with Gasteiger partial charge < -0.3 is 19.6 Å². The summed E-state index contributed by atoms with van der Waals surface area (Å²) in [5, 5.41) is 14.6. The van der Waals surface area contributed by atoms with Crippen LogP contribution in [0.1, 0.15) is 16.9 Å². The summed E-state index contributed by atoms with van der Waals surface area (Å²) in [6, 6.07) is 0. The van der Waals surface area contributed by atoms with Crippen molar-refractivity contribution >= 4 is 17.0 Å². The number of ether oxygens (including phenoxy) is 1. The van der Waals surface area contributed by atoms with Crippen molar-refractivity contribution in [2.45, 2.75) is 19.1 Å². The summed E-state index contributed by atoms with van der Waals surface area (Å²) in [5.74, 6) is -1.71. The molecule has 0 aliphatic carbocycles. The first-order valence-electron chi connectivity index (χ1n) is 6.28. The number of H-pyrrole nitrogens is 2. The second-order valence-electron chi connectivity index (χ2n) is 4.47. The fraction of sp³-hybridized carbons (Fsp3) is 0.455. The van der Waals surface area contributed by atoms with E-state index in [0.717, 1.165) is 4.68 Å². The number of halogens is 3. The molecule has 23 heavy (non-hydrogen) atoms. The van der Waals surface area contributed by atoms with E-state index in [0.29, 0.717) is 0 Å². The Morgan fingerprint density at radius 2 is 1.96 bits per heavy atom. The molecule has 0 aromatic carbocycles. The Kier molecular flexibility index (Phi) is 4.54. The van der Waals surface area contributed by atoms with Crippen molar-refractivity contribution in [1.29, 1.82) is 0 Å². The fourth-order valence-corrected chi connectivity index (χ4v) is 1.86. The minimum absolute atomic E-state index is 0.184. The SMILES string of the molecule is O=C([O-])c1nn(CCOCCC(F)(F)F)c2c(=O)[nH]c(=O)[nH]c12. The molecule has 0 spiro atoms. The minimum Gasteiger partial charge on any atom is -0.543 e. The molecule has 0 fully saturated rings. The molecule has 2 N–H and O–H groups in total. The molecule has 9 nitrogen and oxygen atoms in total. The lowest BCUT2D eigenvalue weighted by Gasteiger charge is -2.07. The molecule has 0 amide bonds. The van der Waals surface area contributed by atoms with Crippen molar-refractivity contribution in [3.05, 3.63) is 26.5 Å². The number of alkyl halides is 3. The number of nitrogens with one attached hydrogen (secondary N) is 2. The zero-order valence-corrected chi connectivity index (χ0v) is 11.4. The van der Waals surface area contributed by atoms with Crippen LogP contribution in [0.15, 0.2) is 9.59 Å². The first-order chi connectivity index (χ1) is 10.7. The maximum absolute atomic E-state index is 11.9. The van der Waals surface area contributed by atoms with Gasteiger partial charge in [0.05, 0.1) is 32.1 Å². The molecule has 0 bridgehead atoms. The molecule has 0 saturated heterocycles. The quantitative estimate of drug-likeness (QED) is 0.634. The van der Waals surface area contributed by atoms with Crippen LogP contribution in [0, 0.1) is 0 Å². The molecule has 0 unspecified atom stereocenters. The maximum atomic E-state index is 11.9. The summed E-state index contributed by atoms with van der Waals surface area (Å²) in [4.78, 5) is 37.9.